The van der Waals surface area contributed by atoms with Gasteiger partial charge in [0.1, 0.15) is 26.9 Å². The molecular formula is C9H12N4O7. The number of hydrogen-bond donors (Lipinski definition) is 4. The summed E-state index contributed by atoms with van der Waals surface area (Å²) in [4.78, 5) is 35.8. The van der Waals surface area contributed by atoms with E-state index in [0.29, 0.717) is 18.3 Å². The second-order valence-electron chi connectivity index (χ2n) is 3.82. The van der Waals surface area contributed by atoms with Crippen LogP contribution in [0.5, 0.6) is 0 Å². The smallest absolute Gasteiger partial charge is 0.336 e. The molecule has 0 aliphatic heterocycles. The Labute approximate surface area is 109 Å². The summed E-state index contributed by atoms with van der Waals surface area (Å²) < 4.78 is 2.26. The van der Waals surface area contributed by atoms with Crippen LogP contribution in [0.1, 0.15) is 0 Å². The van der Waals surface area contributed by atoms with E-state index in [-0.39, 0.29) is 5.65 Å². The van der Waals surface area contributed by atoms with Gasteiger partial charge < -0.3 is 20.4 Å². The maximum Gasteiger partial charge on any atom is 0.336 e. The SMILES string of the molecule is O=c1c2c(n(CO)c(=O)n1CO)n(CO)c(=O)n2CO. The molecule has 2 heterocycles. The number of aliphatic hydroxyl groups is 4. The van der Waals surface area contributed by atoms with E-state index in [2.05, 4.69) is 0 Å². The molecule has 0 atom stereocenters. The highest BCUT2D eigenvalue weighted by Gasteiger charge is 2.22. The molecule has 11 nitrogen and oxygen atoms in total. The minimum absolute atomic E-state index is 0.339. The number of aromatic nitrogens is 4. The summed E-state index contributed by atoms with van der Waals surface area (Å²) in [7, 11) is 0. The molecule has 0 radical (unpaired) electrons. The third-order valence-electron chi connectivity index (χ3n) is 2.93. The first-order valence-corrected chi connectivity index (χ1v) is 5.43. The molecular weight excluding hydrogens is 276 g/mol. The minimum atomic E-state index is -1.05. The molecule has 11 heteroatoms. The molecule has 0 fully saturated rings. The third-order valence-corrected chi connectivity index (χ3v) is 2.93. The van der Waals surface area contributed by atoms with Gasteiger partial charge in [-0.15, -0.1) is 0 Å². The topological polar surface area (TPSA) is 152 Å². The summed E-state index contributed by atoms with van der Waals surface area (Å²) in [5.41, 5.74) is -3.75. The Bertz CT molecular complexity index is 824. The Balaban J connectivity index is 3.23. The van der Waals surface area contributed by atoms with Gasteiger partial charge in [0.15, 0.2) is 11.2 Å². The Hall–Kier alpha value is -2.21. The maximum absolute atomic E-state index is 12.1. The average Bonchev–Trinajstić information content (AvgIpc) is 2.72. The first-order chi connectivity index (χ1) is 9.53. The van der Waals surface area contributed by atoms with Crippen LogP contribution in [-0.4, -0.2) is 38.7 Å². The lowest BCUT2D eigenvalue weighted by Crippen LogP contribution is -2.41. The number of fused-ring (bicyclic) bond motifs is 1. The van der Waals surface area contributed by atoms with E-state index in [1.807, 2.05) is 0 Å². The van der Waals surface area contributed by atoms with Gasteiger partial charge in [0, 0.05) is 0 Å². The van der Waals surface area contributed by atoms with Crippen molar-refractivity contribution in [3.05, 3.63) is 31.3 Å². The van der Waals surface area contributed by atoms with Crippen LogP contribution >= 0.6 is 0 Å². The fourth-order valence-corrected chi connectivity index (χ4v) is 2.03. The Kier molecular flexibility index (Phi) is 3.59. The largest absolute Gasteiger partial charge is 0.376 e. The fourth-order valence-electron chi connectivity index (χ4n) is 2.03. The van der Waals surface area contributed by atoms with E-state index in [1.54, 1.807) is 0 Å². The molecule has 0 saturated heterocycles. The van der Waals surface area contributed by atoms with Crippen molar-refractivity contribution in [3.63, 3.8) is 0 Å². The molecule has 0 spiro atoms. The number of nitrogens with zero attached hydrogens (tertiary/aromatic N) is 4. The fraction of sp³-hybridized carbons (Fsp3) is 0.444. The van der Waals surface area contributed by atoms with E-state index in [9.17, 15) is 19.5 Å². The molecule has 0 aliphatic carbocycles. The summed E-state index contributed by atoms with van der Waals surface area (Å²) in [6.07, 6.45) is 0. The molecule has 20 heavy (non-hydrogen) atoms. The molecule has 4 N–H and O–H groups in total. The van der Waals surface area contributed by atoms with Gasteiger partial charge in [0.2, 0.25) is 0 Å². The van der Waals surface area contributed by atoms with Crippen molar-refractivity contribution in [1.82, 2.24) is 18.3 Å². The van der Waals surface area contributed by atoms with Crippen LogP contribution in [0.15, 0.2) is 14.4 Å². The Morgan fingerprint density at radius 2 is 1.05 bits per heavy atom. The molecule has 0 bridgehead atoms. The van der Waals surface area contributed by atoms with Gasteiger partial charge >= 0.3 is 11.4 Å². The molecule has 2 rings (SSSR count). The van der Waals surface area contributed by atoms with Gasteiger partial charge in [0.25, 0.3) is 5.56 Å². The summed E-state index contributed by atoms with van der Waals surface area (Å²) >= 11 is 0. The number of aliphatic hydroxyl groups excluding tert-OH is 4. The monoisotopic (exact) mass is 288 g/mol. The van der Waals surface area contributed by atoms with Crippen molar-refractivity contribution in [2.24, 2.45) is 0 Å². The second kappa shape index (κ2) is 5.05. The standard InChI is InChI=1S/C9H12N4O7/c14-1-10-5-6(11(2-15)8(10)19)12(3-16)9(20)13(4-17)7(5)18/h14-17H,1-4H2. The summed E-state index contributed by atoms with van der Waals surface area (Å²) in [5.74, 6) is 0. The van der Waals surface area contributed by atoms with E-state index < -0.39 is 49.4 Å². The molecule has 2 aromatic heterocycles. The first kappa shape index (κ1) is 14.2. The van der Waals surface area contributed by atoms with Gasteiger partial charge in [-0.3, -0.25) is 18.5 Å². The molecule has 110 valence electrons. The predicted molar refractivity (Wildman–Crippen MR) is 63.6 cm³/mol. The normalized spacial score (nSPS) is 11.4. The summed E-state index contributed by atoms with van der Waals surface area (Å²) in [6.45, 7) is -3.57. The zero-order chi connectivity index (χ0) is 15.0. The van der Waals surface area contributed by atoms with Crippen molar-refractivity contribution >= 4 is 11.2 Å². The van der Waals surface area contributed by atoms with E-state index in [0.717, 1.165) is 0 Å². The van der Waals surface area contributed by atoms with Crippen LogP contribution in [0.4, 0.5) is 0 Å². The lowest BCUT2D eigenvalue weighted by Gasteiger charge is -2.09. The third kappa shape index (κ3) is 1.65. The van der Waals surface area contributed by atoms with Gasteiger partial charge in [-0.25, -0.2) is 14.2 Å². The average molecular weight is 288 g/mol. The molecule has 0 aliphatic rings. The number of rotatable bonds is 4. The van der Waals surface area contributed by atoms with Crippen LogP contribution in [0.3, 0.4) is 0 Å². The molecule has 0 saturated carbocycles. The lowest BCUT2D eigenvalue weighted by atomic mass is 10.5. The number of imidazole rings is 1. The Morgan fingerprint density at radius 1 is 0.650 bits per heavy atom. The first-order valence-electron chi connectivity index (χ1n) is 5.43. The van der Waals surface area contributed by atoms with Crippen molar-refractivity contribution in [1.29, 1.82) is 0 Å². The quantitative estimate of drug-likeness (QED) is 0.446. The van der Waals surface area contributed by atoms with Crippen LogP contribution in [0, 0.1) is 0 Å². The van der Waals surface area contributed by atoms with Gasteiger partial charge in [0.05, 0.1) is 0 Å². The van der Waals surface area contributed by atoms with Crippen LogP contribution in [0.2, 0.25) is 0 Å². The molecule has 2 aromatic rings. The van der Waals surface area contributed by atoms with Crippen LogP contribution in [-0.2, 0) is 26.9 Å². The van der Waals surface area contributed by atoms with Crippen LogP contribution in [0.25, 0.3) is 11.2 Å². The highest BCUT2D eigenvalue weighted by atomic mass is 16.3. The highest BCUT2D eigenvalue weighted by Crippen LogP contribution is 2.06. The van der Waals surface area contributed by atoms with E-state index in [4.69, 9.17) is 15.3 Å². The van der Waals surface area contributed by atoms with Gasteiger partial charge in [-0.2, -0.15) is 0 Å². The second-order valence-corrected chi connectivity index (χ2v) is 3.82. The number of hydrogen-bond acceptors (Lipinski definition) is 7. The van der Waals surface area contributed by atoms with E-state index in [1.165, 1.54) is 0 Å². The maximum atomic E-state index is 12.1. The van der Waals surface area contributed by atoms with Crippen molar-refractivity contribution in [2.75, 3.05) is 0 Å². The minimum Gasteiger partial charge on any atom is -0.376 e. The Morgan fingerprint density at radius 3 is 1.45 bits per heavy atom. The van der Waals surface area contributed by atoms with Crippen molar-refractivity contribution in [3.8, 4) is 0 Å². The zero-order valence-corrected chi connectivity index (χ0v) is 10.1. The highest BCUT2D eigenvalue weighted by molar-refractivity contribution is 5.71. The summed E-state index contributed by atoms with van der Waals surface area (Å²) in [6, 6.07) is 0. The predicted octanol–water partition coefficient (Wildman–Crippen LogP) is -4.07. The van der Waals surface area contributed by atoms with Crippen molar-refractivity contribution < 1.29 is 20.4 Å². The molecule has 0 unspecified atom stereocenters. The zero-order valence-electron chi connectivity index (χ0n) is 10.1. The molecule has 0 amide bonds. The van der Waals surface area contributed by atoms with E-state index >= 15 is 0 Å². The van der Waals surface area contributed by atoms with Gasteiger partial charge in [-0.1, -0.05) is 0 Å². The van der Waals surface area contributed by atoms with Crippen molar-refractivity contribution in [2.45, 2.75) is 26.9 Å². The van der Waals surface area contributed by atoms with Crippen LogP contribution < -0.4 is 16.9 Å². The summed E-state index contributed by atoms with van der Waals surface area (Å²) in [5, 5.41) is 36.6. The lowest BCUT2D eigenvalue weighted by molar-refractivity contribution is 0.174. The molecule has 0 aromatic carbocycles. The van der Waals surface area contributed by atoms with Gasteiger partial charge in [-0.05, 0) is 0 Å².